The van der Waals surface area contributed by atoms with Crippen LogP contribution in [0, 0.1) is 5.92 Å². The molecule has 9 heteroatoms. The van der Waals surface area contributed by atoms with Gasteiger partial charge in [0.15, 0.2) is 0 Å². The van der Waals surface area contributed by atoms with E-state index in [0.29, 0.717) is 31.5 Å². The number of halogens is 6. The average Bonchev–Trinajstić information content (AvgIpc) is 2.50. The highest BCUT2D eigenvalue weighted by atomic mass is 19.4. The average molecular weight is 370 g/mol. The summed E-state index contributed by atoms with van der Waals surface area (Å²) in [6.07, 6.45) is -5.27. The van der Waals surface area contributed by atoms with Crippen LogP contribution in [0.2, 0.25) is 0 Å². The van der Waals surface area contributed by atoms with Crippen molar-refractivity contribution < 1.29 is 31.1 Å². The third-order valence-electron chi connectivity index (χ3n) is 3.77. The quantitative estimate of drug-likeness (QED) is 0.390. The number of amides is 1. The van der Waals surface area contributed by atoms with E-state index >= 15 is 0 Å². The lowest BCUT2D eigenvalue weighted by molar-refractivity contribution is -0.149. The van der Waals surface area contributed by atoms with E-state index in [4.69, 9.17) is 0 Å². The van der Waals surface area contributed by atoms with Crippen LogP contribution in [-0.4, -0.2) is 49.0 Å². The number of aliphatic imine (C=N–C) groups is 1. The van der Waals surface area contributed by atoms with E-state index in [1.165, 1.54) is 11.0 Å². The Labute approximate surface area is 142 Å². The summed E-state index contributed by atoms with van der Waals surface area (Å²) in [5.74, 6) is -0.477. The van der Waals surface area contributed by atoms with Crippen LogP contribution >= 0.6 is 0 Å². The van der Waals surface area contributed by atoms with Gasteiger partial charge < -0.3 is 4.90 Å². The van der Waals surface area contributed by atoms with E-state index in [0.717, 1.165) is 6.21 Å². The molecule has 0 N–H and O–H groups in total. The molecule has 0 radical (unpaired) electrons. The van der Waals surface area contributed by atoms with Crippen LogP contribution in [0.4, 0.5) is 26.3 Å². The predicted molar refractivity (Wildman–Crippen MR) is 82.3 cm³/mol. The molecule has 1 rings (SSSR count). The fraction of sp³-hybridized carbons (Fsp3) is 0.625. The van der Waals surface area contributed by atoms with Crippen molar-refractivity contribution in [2.24, 2.45) is 10.9 Å². The molecule has 0 aliphatic carbocycles. The zero-order valence-electron chi connectivity index (χ0n) is 13.5. The van der Waals surface area contributed by atoms with Gasteiger partial charge in [0.25, 0.3) is 0 Å². The van der Waals surface area contributed by atoms with Gasteiger partial charge in [0.1, 0.15) is 6.54 Å². The van der Waals surface area contributed by atoms with E-state index in [9.17, 15) is 31.1 Å². The summed E-state index contributed by atoms with van der Waals surface area (Å²) >= 11 is 0. The number of rotatable bonds is 6. The van der Waals surface area contributed by atoms with Crippen molar-refractivity contribution in [1.29, 1.82) is 0 Å². The van der Waals surface area contributed by atoms with Gasteiger partial charge in [-0.05, 0) is 24.8 Å². The van der Waals surface area contributed by atoms with Gasteiger partial charge >= 0.3 is 12.4 Å². The zero-order chi connectivity index (χ0) is 19.1. The molecule has 0 atom stereocenters. The van der Waals surface area contributed by atoms with Gasteiger partial charge in [-0.2, -0.15) is 26.3 Å². The molecule has 0 aromatic carbocycles. The lowest BCUT2D eigenvalue weighted by Gasteiger charge is -2.32. The molecule has 3 nitrogen and oxygen atoms in total. The van der Waals surface area contributed by atoms with Crippen LogP contribution in [0.5, 0.6) is 0 Å². The molecule has 0 aromatic heterocycles. The standard InChI is InChI=1S/C16H20F6N2O/c1-12(3-2-8-23-11-16(20,21)22)13-5-9-24(10-6-13)14(25)4-7-15(17,18)19/h2-3,8,13H,1,4-7,9-11H2/b3-2-,23-8-. The molecule has 0 bridgehead atoms. The number of hydrogen-bond acceptors (Lipinski definition) is 2. The first-order valence-corrected chi connectivity index (χ1v) is 7.74. The topological polar surface area (TPSA) is 32.7 Å². The third-order valence-corrected chi connectivity index (χ3v) is 3.77. The first-order chi connectivity index (χ1) is 11.5. The van der Waals surface area contributed by atoms with Crippen LogP contribution < -0.4 is 0 Å². The summed E-state index contributed by atoms with van der Waals surface area (Å²) in [7, 11) is 0. The summed E-state index contributed by atoms with van der Waals surface area (Å²) in [5.41, 5.74) is 0.695. The maximum absolute atomic E-state index is 12.1. The molecule has 1 amide bonds. The van der Waals surface area contributed by atoms with Gasteiger partial charge in [-0.1, -0.05) is 18.2 Å². The molecule has 1 fully saturated rings. The number of allylic oxidation sites excluding steroid dienone is 3. The second-order valence-corrected chi connectivity index (χ2v) is 5.81. The molecule has 142 valence electrons. The number of likely N-dealkylation sites (tertiary alicyclic amines) is 1. The minimum atomic E-state index is -4.35. The number of carbonyl (C=O) groups excluding carboxylic acids is 1. The second-order valence-electron chi connectivity index (χ2n) is 5.81. The summed E-state index contributed by atoms with van der Waals surface area (Å²) < 4.78 is 72.1. The van der Waals surface area contributed by atoms with Crippen LogP contribution in [0.1, 0.15) is 25.7 Å². The van der Waals surface area contributed by atoms with Gasteiger partial charge in [0, 0.05) is 25.7 Å². The van der Waals surface area contributed by atoms with Gasteiger partial charge in [-0.3, -0.25) is 9.79 Å². The third kappa shape index (κ3) is 9.31. The molecule has 25 heavy (non-hydrogen) atoms. The lowest BCUT2D eigenvalue weighted by Crippen LogP contribution is -2.39. The Morgan fingerprint density at radius 1 is 1.12 bits per heavy atom. The van der Waals surface area contributed by atoms with Crippen molar-refractivity contribution >= 4 is 12.1 Å². The smallest absolute Gasteiger partial charge is 0.343 e. The summed E-state index contributed by atoms with van der Waals surface area (Å²) in [6.45, 7) is 3.28. The number of nitrogens with zero attached hydrogens (tertiary/aromatic N) is 2. The van der Waals surface area contributed by atoms with E-state index in [1.807, 2.05) is 0 Å². The monoisotopic (exact) mass is 370 g/mol. The molecule has 1 heterocycles. The van der Waals surface area contributed by atoms with Crippen molar-refractivity contribution in [2.75, 3.05) is 19.6 Å². The molecule has 1 aliphatic heterocycles. The van der Waals surface area contributed by atoms with Gasteiger partial charge in [0.2, 0.25) is 5.91 Å². The summed E-state index contributed by atoms with van der Waals surface area (Å²) in [6, 6.07) is 0. The molecule has 1 saturated heterocycles. The zero-order valence-corrected chi connectivity index (χ0v) is 13.5. The largest absolute Gasteiger partial charge is 0.407 e. The van der Waals surface area contributed by atoms with Gasteiger partial charge in [0.05, 0.1) is 6.42 Å². The van der Waals surface area contributed by atoms with E-state index in [-0.39, 0.29) is 5.92 Å². The van der Waals surface area contributed by atoms with Crippen LogP contribution in [0.15, 0.2) is 29.3 Å². The number of piperidine rings is 1. The first kappa shape index (κ1) is 21.2. The van der Waals surface area contributed by atoms with Crippen molar-refractivity contribution in [3.8, 4) is 0 Å². The highest BCUT2D eigenvalue weighted by Gasteiger charge is 2.30. The highest BCUT2D eigenvalue weighted by Crippen LogP contribution is 2.26. The molecule has 0 saturated carbocycles. The number of hydrogen-bond donors (Lipinski definition) is 0. The Bertz CT molecular complexity index is 514. The number of carbonyl (C=O) groups is 1. The maximum atomic E-state index is 12.1. The Morgan fingerprint density at radius 2 is 1.72 bits per heavy atom. The van der Waals surface area contributed by atoms with E-state index in [1.54, 1.807) is 6.08 Å². The van der Waals surface area contributed by atoms with Gasteiger partial charge in [-0.15, -0.1) is 0 Å². The highest BCUT2D eigenvalue weighted by molar-refractivity contribution is 5.76. The van der Waals surface area contributed by atoms with Crippen LogP contribution in [-0.2, 0) is 4.79 Å². The fourth-order valence-electron chi connectivity index (χ4n) is 2.43. The van der Waals surface area contributed by atoms with Crippen LogP contribution in [0.25, 0.3) is 0 Å². The molecular formula is C16H20F6N2O. The van der Waals surface area contributed by atoms with E-state index in [2.05, 4.69) is 11.6 Å². The van der Waals surface area contributed by atoms with Crippen molar-refractivity contribution in [2.45, 2.75) is 38.0 Å². The Morgan fingerprint density at radius 3 is 2.24 bits per heavy atom. The van der Waals surface area contributed by atoms with Gasteiger partial charge in [-0.25, -0.2) is 0 Å². The molecule has 1 aliphatic rings. The minimum Gasteiger partial charge on any atom is -0.343 e. The summed E-state index contributed by atoms with van der Waals surface area (Å²) in [4.78, 5) is 16.3. The normalized spacial score (nSPS) is 17.6. The van der Waals surface area contributed by atoms with Crippen LogP contribution in [0.3, 0.4) is 0 Å². The fourth-order valence-corrected chi connectivity index (χ4v) is 2.43. The maximum Gasteiger partial charge on any atom is 0.407 e. The Balaban J connectivity index is 2.35. The van der Waals surface area contributed by atoms with Crippen molar-refractivity contribution in [3.05, 3.63) is 24.3 Å². The second kappa shape index (κ2) is 9.05. The Hall–Kier alpha value is -1.80. The van der Waals surface area contributed by atoms with Crippen molar-refractivity contribution in [3.63, 3.8) is 0 Å². The molecule has 0 unspecified atom stereocenters. The van der Waals surface area contributed by atoms with Crippen molar-refractivity contribution in [1.82, 2.24) is 4.90 Å². The summed E-state index contributed by atoms with van der Waals surface area (Å²) in [5, 5.41) is 0. The predicted octanol–water partition coefficient (Wildman–Crippen LogP) is 4.31. The SMILES string of the molecule is C=C(/C=C\C=N/CC(F)(F)F)C1CCN(C(=O)CCC(F)(F)F)CC1. The molecule has 0 spiro atoms. The van der Waals surface area contributed by atoms with E-state index < -0.39 is 37.6 Å². The first-order valence-electron chi connectivity index (χ1n) is 7.74. The Kier molecular flexibility index (Phi) is 7.69. The molecule has 0 aromatic rings. The lowest BCUT2D eigenvalue weighted by atomic mass is 9.89. The minimum absolute atomic E-state index is 0.0407. The molecular weight excluding hydrogens is 350 g/mol. The number of alkyl halides is 6.